The van der Waals surface area contributed by atoms with Gasteiger partial charge in [0.15, 0.2) is 5.13 Å². The van der Waals surface area contributed by atoms with Crippen molar-refractivity contribution < 1.29 is 19.2 Å². The van der Waals surface area contributed by atoms with Gasteiger partial charge < -0.3 is 10.1 Å². The summed E-state index contributed by atoms with van der Waals surface area (Å²) in [4.78, 5) is 36.7. The molecule has 0 radical (unpaired) electrons. The SMILES string of the molecule is CC(=O)Nc1nc(COC(=O)c2ccc([N+](=O)[O-])cc2)cs1. The van der Waals surface area contributed by atoms with Crippen LogP contribution in [0, 0.1) is 10.1 Å². The lowest BCUT2D eigenvalue weighted by Crippen LogP contribution is -2.07. The smallest absolute Gasteiger partial charge is 0.338 e. The summed E-state index contributed by atoms with van der Waals surface area (Å²) in [6.45, 7) is 1.32. The number of esters is 1. The molecular formula is C13H11N3O5S. The lowest BCUT2D eigenvalue weighted by atomic mass is 10.2. The van der Waals surface area contributed by atoms with E-state index in [1.54, 1.807) is 5.38 Å². The minimum Gasteiger partial charge on any atom is -0.456 e. The molecule has 1 aromatic heterocycles. The van der Waals surface area contributed by atoms with Crippen molar-refractivity contribution in [1.82, 2.24) is 4.98 Å². The molecule has 0 saturated carbocycles. The van der Waals surface area contributed by atoms with Gasteiger partial charge in [-0.15, -0.1) is 11.3 Å². The first-order valence-electron chi connectivity index (χ1n) is 6.09. The van der Waals surface area contributed by atoms with Gasteiger partial charge in [-0.25, -0.2) is 9.78 Å². The van der Waals surface area contributed by atoms with Crippen LogP contribution in [-0.4, -0.2) is 21.8 Å². The number of ether oxygens (including phenoxy) is 1. The molecule has 1 heterocycles. The van der Waals surface area contributed by atoms with E-state index in [1.807, 2.05) is 0 Å². The summed E-state index contributed by atoms with van der Waals surface area (Å²) in [6.07, 6.45) is 0. The average Bonchev–Trinajstić information content (AvgIpc) is 2.91. The second-order valence-corrected chi connectivity index (χ2v) is 5.06. The summed E-state index contributed by atoms with van der Waals surface area (Å²) in [5, 5.41) is 15.1. The number of non-ortho nitro benzene ring substituents is 1. The van der Waals surface area contributed by atoms with Crippen LogP contribution in [0.3, 0.4) is 0 Å². The van der Waals surface area contributed by atoms with Crippen molar-refractivity contribution in [3.8, 4) is 0 Å². The zero-order chi connectivity index (χ0) is 16.1. The van der Waals surface area contributed by atoms with Gasteiger partial charge >= 0.3 is 5.97 Å². The van der Waals surface area contributed by atoms with Crippen LogP contribution in [0.5, 0.6) is 0 Å². The van der Waals surface area contributed by atoms with Crippen LogP contribution < -0.4 is 5.32 Å². The van der Waals surface area contributed by atoms with E-state index in [9.17, 15) is 19.7 Å². The summed E-state index contributed by atoms with van der Waals surface area (Å²) in [5.41, 5.74) is 0.614. The first-order chi connectivity index (χ1) is 10.5. The maximum Gasteiger partial charge on any atom is 0.338 e. The molecule has 1 amide bonds. The van der Waals surface area contributed by atoms with Crippen LogP contribution in [0.4, 0.5) is 10.8 Å². The van der Waals surface area contributed by atoms with E-state index < -0.39 is 10.9 Å². The lowest BCUT2D eigenvalue weighted by molar-refractivity contribution is -0.384. The lowest BCUT2D eigenvalue weighted by Gasteiger charge is -2.02. The number of amides is 1. The number of nitrogens with zero attached hydrogens (tertiary/aromatic N) is 2. The average molecular weight is 321 g/mol. The van der Waals surface area contributed by atoms with Crippen molar-refractivity contribution in [2.45, 2.75) is 13.5 Å². The highest BCUT2D eigenvalue weighted by Crippen LogP contribution is 2.17. The highest BCUT2D eigenvalue weighted by atomic mass is 32.1. The van der Waals surface area contributed by atoms with Crippen molar-refractivity contribution >= 4 is 34.0 Å². The molecule has 1 aromatic carbocycles. The quantitative estimate of drug-likeness (QED) is 0.514. The van der Waals surface area contributed by atoms with E-state index in [4.69, 9.17) is 4.74 Å². The molecule has 0 aliphatic carbocycles. The third-order valence-corrected chi connectivity index (χ3v) is 3.31. The number of rotatable bonds is 5. The Kier molecular flexibility index (Phi) is 4.79. The fraction of sp³-hybridized carbons (Fsp3) is 0.154. The number of nitro benzene ring substituents is 1. The van der Waals surface area contributed by atoms with Crippen LogP contribution in [0.25, 0.3) is 0 Å². The molecule has 2 aromatic rings. The second-order valence-electron chi connectivity index (χ2n) is 4.21. The largest absolute Gasteiger partial charge is 0.456 e. The van der Waals surface area contributed by atoms with Gasteiger partial charge in [0, 0.05) is 24.4 Å². The standard InChI is InChI=1S/C13H11N3O5S/c1-8(17)14-13-15-10(7-22-13)6-21-12(18)9-2-4-11(5-3-9)16(19)20/h2-5,7H,6H2,1H3,(H,14,15,17). The number of carbonyl (C=O) groups excluding carboxylic acids is 2. The molecule has 2 rings (SSSR count). The van der Waals surface area contributed by atoms with Crippen molar-refractivity contribution in [3.63, 3.8) is 0 Å². The highest BCUT2D eigenvalue weighted by molar-refractivity contribution is 7.13. The van der Waals surface area contributed by atoms with E-state index in [0.717, 1.165) is 0 Å². The first-order valence-corrected chi connectivity index (χ1v) is 6.97. The molecule has 0 bridgehead atoms. The zero-order valence-electron chi connectivity index (χ0n) is 11.4. The number of hydrogen-bond acceptors (Lipinski definition) is 7. The van der Waals surface area contributed by atoms with Gasteiger partial charge in [0.05, 0.1) is 16.2 Å². The minimum atomic E-state index is -0.607. The number of nitrogens with one attached hydrogen (secondary N) is 1. The third kappa shape index (κ3) is 4.09. The molecule has 9 heteroatoms. The Balaban J connectivity index is 1.93. The Morgan fingerprint density at radius 1 is 1.36 bits per heavy atom. The van der Waals surface area contributed by atoms with Crippen LogP contribution in [-0.2, 0) is 16.1 Å². The van der Waals surface area contributed by atoms with Crippen molar-refractivity contribution in [2.75, 3.05) is 5.32 Å². The summed E-state index contributed by atoms with van der Waals surface area (Å²) in [5.74, 6) is -0.840. The van der Waals surface area contributed by atoms with Gasteiger partial charge in [0.25, 0.3) is 5.69 Å². The number of hydrogen-bond donors (Lipinski definition) is 1. The molecule has 0 atom stereocenters. The number of anilines is 1. The molecule has 0 fully saturated rings. The zero-order valence-corrected chi connectivity index (χ0v) is 12.3. The molecule has 0 aliphatic heterocycles. The third-order valence-electron chi connectivity index (χ3n) is 2.50. The van der Waals surface area contributed by atoms with Crippen molar-refractivity contribution in [3.05, 3.63) is 51.0 Å². The Bertz CT molecular complexity index is 711. The number of benzene rings is 1. The fourth-order valence-corrected chi connectivity index (χ4v) is 2.26. The Morgan fingerprint density at radius 2 is 2.05 bits per heavy atom. The summed E-state index contributed by atoms with van der Waals surface area (Å²) in [6, 6.07) is 5.11. The number of aromatic nitrogens is 1. The van der Waals surface area contributed by atoms with E-state index in [2.05, 4.69) is 10.3 Å². The van der Waals surface area contributed by atoms with Gasteiger partial charge in [-0.2, -0.15) is 0 Å². The fourth-order valence-electron chi connectivity index (χ4n) is 1.52. The minimum absolute atomic E-state index is 0.0497. The molecule has 114 valence electrons. The normalized spacial score (nSPS) is 10.0. The molecule has 0 saturated heterocycles. The molecule has 0 aliphatic rings. The molecule has 1 N–H and O–H groups in total. The van der Waals surface area contributed by atoms with Gasteiger partial charge in [0.1, 0.15) is 6.61 Å². The predicted molar refractivity (Wildman–Crippen MR) is 78.6 cm³/mol. The van der Waals surface area contributed by atoms with Crippen LogP contribution in [0.2, 0.25) is 0 Å². The summed E-state index contributed by atoms with van der Waals surface area (Å²) >= 11 is 1.22. The van der Waals surface area contributed by atoms with E-state index in [1.165, 1.54) is 42.5 Å². The van der Waals surface area contributed by atoms with E-state index >= 15 is 0 Å². The number of thiazole rings is 1. The molecule has 8 nitrogen and oxygen atoms in total. The van der Waals surface area contributed by atoms with Crippen LogP contribution in [0.15, 0.2) is 29.6 Å². The predicted octanol–water partition coefficient (Wildman–Crippen LogP) is 2.37. The summed E-state index contributed by atoms with van der Waals surface area (Å²) < 4.78 is 5.06. The van der Waals surface area contributed by atoms with Gasteiger partial charge in [-0.3, -0.25) is 14.9 Å². The van der Waals surface area contributed by atoms with Crippen LogP contribution in [0.1, 0.15) is 23.0 Å². The van der Waals surface area contributed by atoms with Crippen LogP contribution >= 0.6 is 11.3 Å². The Hall–Kier alpha value is -2.81. The van der Waals surface area contributed by atoms with E-state index in [0.29, 0.717) is 10.8 Å². The molecule has 0 unspecified atom stereocenters. The Morgan fingerprint density at radius 3 is 2.64 bits per heavy atom. The van der Waals surface area contributed by atoms with Gasteiger partial charge in [-0.1, -0.05) is 0 Å². The number of carbonyl (C=O) groups is 2. The maximum atomic E-state index is 11.8. The molecule has 0 spiro atoms. The maximum absolute atomic E-state index is 11.8. The van der Waals surface area contributed by atoms with Crippen molar-refractivity contribution in [1.29, 1.82) is 0 Å². The molecule has 22 heavy (non-hydrogen) atoms. The van der Waals surface area contributed by atoms with Gasteiger partial charge in [-0.05, 0) is 12.1 Å². The monoisotopic (exact) mass is 321 g/mol. The number of nitro groups is 1. The first kappa shape index (κ1) is 15.6. The summed E-state index contributed by atoms with van der Waals surface area (Å²) in [7, 11) is 0. The highest BCUT2D eigenvalue weighted by Gasteiger charge is 2.12. The molecular weight excluding hydrogens is 310 g/mol. The van der Waals surface area contributed by atoms with E-state index in [-0.39, 0.29) is 23.8 Å². The van der Waals surface area contributed by atoms with Crippen molar-refractivity contribution in [2.24, 2.45) is 0 Å². The topological polar surface area (TPSA) is 111 Å². The second kappa shape index (κ2) is 6.76. The van der Waals surface area contributed by atoms with Gasteiger partial charge in [0.2, 0.25) is 5.91 Å². The Labute approximate surface area is 128 Å².